The van der Waals surface area contributed by atoms with Gasteiger partial charge in [0.2, 0.25) is 0 Å². The van der Waals surface area contributed by atoms with E-state index in [1.54, 1.807) is 0 Å². The van der Waals surface area contributed by atoms with Crippen molar-refractivity contribution < 1.29 is 0 Å². The summed E-state index contributed by atoms with van der Waals surface area (Å²) in [5, 5.41) is 3.46. The van der Waals surface area contributed by atoms with Gasteiger partial charge in [0.05, 0.1) is 0 Å². The van der Waals surface area contributed by atoms with Gasteiger partial charge in [-0.1, -0.05) is 20.8 Å². The Kier molecular flexibility index (Phi) is 7.83. The maximum absolute atomic E-state index is 5.19. The minimum atomic E-state index is 0.748. The monoisotopic (exact) mass is 181 g/mol. The summed E-state index contributed by atoms with van der Waals surface area (Å²) in [5.41, 5.74) is 0. The van der Waals surface area contributed by atoms with Gasteiger partial charge in [0.25, 0.3) is 0 Å². The molecule has 1 N–H and O–H groups in total. The van der Waals surface area contributed by atoms with Crippen LogP contribution >= 0.6 is 0 Å². The molecule has 0 saturated carbocycles. The molecule has 0 aliphatic carbocycles. The highest BCUT2D eigenvalue weighted by molar-refractivity contribution is 4.83. The molecule has 1 unspecified atom stereocenters. The van der Waals surface area contributed by atoms with Gasteiger partial charge in [0.1, 0.15) is 0 Å². The second-order valence-electron chi connectivity index (χ2n) is 4.25. The molecule has 0 radical (unpaired) electrons. The maximum Gasteiger partial charge on any atom is 0.00861 e. The van der Waals surface area contributed by atoms with Crippen LogP contribution < -0.4 is 5.32 Å². The van der Waals surface area contributed by atoms with E-state index in [0.29, 0.717) is 0 Å². The minimum Gasteiger partial charge on any atom is -0.316 e. The normalized spacial score (nSPS) is 12.8. The lowest BCUT2D eigenvalue weighted by Crippen LogP contribution is -2.25. The van der Waals surface area contributed by atoms with Crippen LogP contribution in [0.5, 0.6) is 0 Å². The zero-order chi connectivity index (χ0) is 10.1. The average Bonchev–Trinajstić information content (AvgIpc) is 2.04. The second kappa shape index (κ2) is 8.13. The number of rotatable bonds is 7. The van der Waals surface area contributed by atoms with E-state index < -0.39 is 0 Å². The van der Waals surface area contributed by atoms with Gasteiger partial charge in [-0.3, -0.25) is 0 Å². The summed E-state index contributed by atoms with van der Waals surface area (Å²) in [6, 6.07) is 0. The molecule has 1 atom stereocenters. The molecule has 1 nitrogen and oxygen atoms in total. The van der Waals surface area contributed by atoms with E-state index in [2.05, 4.69) is 32.0 Å². The van der Waals surface area contributed by atoms with Crippen LogP contribution in [0.3, 0.4) is 0 Å². The summed E-state index contributed by atoms with van der Waals surface area (Å²) in [5.74, 6) is 4.18. The molecule has 0 saturated heterocycles. The van der Waals surface area contributed by atoms with E-state index in [9.17, 15) is 0 Å². The first-order valence-electron chi connectivity index (χ1n) is 5.31. The van der Waals surface area contributed by atoms with Crippen LogP contribution in [0.25, 0.3) is 0 Å². The Labute approximate surface area is 83.3 Å². The molecule has 0 aliphatic rings. The Balaban J connectivity index is 3.21. The first-order chi connectivity index (χ1) is 6.16. The van der Waals surface area contributed by atoms with Crippen molar-refractivity contribution in [2.45, 2.75) is 40.0 Å². The predicted octanol–water partition coefficient (Wildman–Crippen LogP) is 2.67. The third-order valence-electron chi connectivity index (χ3n) is 2.06. The van der Waals surface area contributed by atoms with Gasteiger partial charge >= 0.3 is 0 Å². The standard InChI is InChI=1S/C12H23N/c1-5-6-7-8-12(4)10-13-9-11(2)3/h1,11-13H,6-10H2,2-4H3. The summed E-state index contributed by atoms with van der Waals surface area (Å²) in [4.78, 5) is 0. The summed E-state index contributed by atoms with van der Waals surface area (Å²) in [6.07, 6.45) is 8.53. The Morgan fingerprint density at radius 3 is 2.46 bits per heavy atom. The van der Waals surface area contributed by atoms with Crippen molar-refractivity contribution in [1.29, 1.82) is 0 Å². The van der Waals surface area contributed by atoms with Gasteiger partial charge in [0, 0.05) is 6.42 Å². The van der Waals surface area contributed by atoms with Gasteiger partial charge < -0.3 is 5.32 Å². The topological polar surface area (TPSA) is 12.0 Å². The number of nitrogens with one attached hydrogen (secondary N) is 1. The fourth-order valence-electron chi connectivity index (χ4n) is 1.27. The average molecular weight is 181 g/mol. The van der Waals surface area contributed by atoms with Gasteiger partial charge in [-0.15, -0.1) is 12.3 Å². The van der Waals surface area contributed by atoms with Crippen molar-refractivity contribution in [1.82, 2.24) is 5.32 Å². The molecule has 0 rings (SSSR count). The number of terminal acetylenes is 1. The van der Waals surface area contributed by atoms with Crippen molar-refractivity contribution in [3.05, 3.63) is 0 Å². The van der Waals surface area contributed by atoms with Crippen LogP contribution in [-0.4, -0.2) is 13.1 Å². The molecule has 0 aliphatic heterocycles. The van der Waals surface area contributed by atoms with Crippen molar-refractivity contribution in [2.75, 3.05) is 13.1 Å². The fraction of sp³-hybridized carbons (Fsp3) is 0.833. The molecule has 76 valence electrons. The number of unbranched alkanes of at least 4 members (excludes halogenated alkanes) is 1. The molecular formula is C12H23N. The van der Waals surface area contributed by atoms with Crippen LogP contribution in [0, 0.1) is 24.2 Å². The summed E-state index contributed by atoms with van der Waals surface area (Å²) >= 11 is 0. The van der Waals surface area contributed by atoms with Crippen LogP contribution in [-0.2, 0) is 0 Å². The third kappa shape index (κ3) is 9.43. The Morgan fingerprint density at radius 2 is 1.92 bits per heavy atom. The van der Waals surface area contributed by atoms with Crippen LogP contribution in [0.1, 0.15) is 40.0 Å². The molecular weight excluding hydrogens is 158 g/mol. The number of hydrogen-bond acceptors (Lipinski definition) is 1. The molecule has 0 aromatic rings. The van der Waals surface area contributed by atoms with Crippen LogP contribution in [0.2, 0.25) is 0 Å². The maximum atomic E-state index is 5.19. The highest BCUT2D eigenvalue weighted by atomic mass is 14.9. The molecule has 0 amide bonds. The Hall–Kier alpha value is -0.480. The fourth-order valence-corrected chi connectivity index (χ4v) is 1.27. The van der Waals surface area contributed by atoms with E-state index in [1.807, 2.05) is 0 Å². The molecule has 13 heavy (non-hydrogen) atoms. The molecule has 0 aromatic heterocycles. The van der Waals surface area contributed by atoms with Gasteiger partial charge in [0.15, 0.2) is 0 Å². The summed E-state index contributed by atoms with van der Waals surface area (Å²) < 4.78 is 0. The highest BCUT2D eigenvalue weighted by Gasteiger charge is 2.01. The van der Waals surface area contributed by atoms with Gasteiger partial charge in [-0.05, 0) is 37.8 Å². The van der Waals surface area contributed by atoms with Crippen LogP contribution in [0.15, 0.2) is 0 Å². The zero-order valence-electron chi connectivity index (χ0n) is 9.27. The van der Waals surface area contributed by atoms with Crippen molar-refractivity contribution >= 4 is 0 Å². The highest BCUT2D eigenvalue weighted by Crippen LogP contribution is 2.05. The molecule has 0 heterocycles. The van der Waals surface area contributed by atoms with Crippen molar-refractivity contribution in [3.63, 3.8) is 0 Å². The largest absolute Gasteiger partial charge is 0.316 e. The first-order valence-corrected chi connectivity index (χ1v) is 5.31. The zero-order valence-corrected chi connectivity index (χ0v) is 9.27. The van der Waals surface area contributed by atoms with Crippen molar-refractivity contribution in [3.8, 4) is 12.3 Å². The molecule has 0 spiro atoms. The molecule has 1 heteroatoms. The SMILES string of the molecule is C#CCCCC(C)CNCC(C)C. The summed E-state index contributed by atoms with van der Waals surface area (Å²) in [7, 11) is 0. The smallest absolute Gasteiger partial charge is 0.00861 e. The Bertz CT molecular complexity index is 144. The summed E-state index contributed by atoms with van der Waals surface area (Å²) in [6.45, 7) is 9.00. The van der Waals surface area contributed by atoms with E-state index in [-0.39, 0.29) is 0 Å². The molecule has 0 aromatic carbocycles. The van der Waals surface area contributed by atoms with Gasteiger partial charge in [-0.25, -0.2) is 0 Å². The van der Waals surface area contributed by atoms with Crippen LogP contribution in [0.4, 0.5) is 0 Å². The second-order valence-corrected chi connectivity index (χ2v) is 4.25. The lowest BCUT2D eigenvalue weighted by molar-refractivity contribution is 0.446. The van der Waals surface area contributed by atoms with E-state index in [4.69, 9.17) is 6.42 Å². The third-order valence-corrected chi connectivity index (χ3v) is 2.06. The van der Waals surface area contributed by atoms with E-state index in [1.165, 1.54) is 12.8 Å². The lowest BCUT2D eigenvalue weighted by Gasteiger charge is -2.12. The predicted molar refractivity (Wildman–Crippen MR) is 59.6 cm³/mol. The Morgan fingerprint density at radius 1 is 1.23 bits per heavy atom. The lowest BCUT2D eigenvalue weighted by atomic mass is 10.0. The van der Waals surface area contributed by atoms with Gasteiger partial charge in [-0.2, -0.15) is 0 Å². The van der Waals surface area contributed by atoms with Crippen molar-refractivity contribution in [2.24, 2.45) is 11.8 Å². The minimum absolute atomic E-state index is 0.748. The molecule has 0 bridgehead atoms. The first kappa shape index (κ1) is 12.5. The number of hydrogen-bond donors (Lipinski definition) is 1. The van der Waals surface area contributed by atoms with E-state index >= 15 is 0 Å². The van der Waals surface area contributed by atoms with E-state index in [0.717, 1.165) is 31.3 Å². The molecule has 0 fully saturated rings. The quantitative estimate of drug-likeness (QED) is 0.470.